The van der Waals surface area contributed by atoms with E-state index >= 15 is 0 Å². The van der Waals surface area contributed by atoms with Crippen LogP contribution in [0.1, 0.15) is 17.5 Å². The number of fused-ring (bicyclic) bond motifs is 1. The van der Waals surface area contributed by atoms with Crippen molar-refractivity contribution in [3.8, 4) is 11.5 Å². The molecule has 0 aromatic heterocycles. The molecule has 1 unspecified atom stereocenters. The van der Waals surface area contributed by atoms with Gasteiger partial charge < -0.3 is 19.5 Å². The van der Waals surface area contributed by atoms with Gasteiger partial charge in [-0.3, -0.25) is 0 Å². The van der Waals surface area contributed by atoms with Crippen molar-refractivity contribution >= 4 is 5.69 Å². The zero-order valence-electron chi connectivity index (χ0n) is 16.5. The Kier molecular flexibility index (Phi) is 6.32. The highest BCUT2D eigenvalue weighted by atomic mass is 16.5. The summed E-state index contributed by atoms with van der Waals surface area (Å²) in [7, 11) is 0. The van der Waals surface area contributed by atoms with Crippen molar-refractivity contribution < 1.29 is 14.6 Å². The van der Waals surface area contributed by atoms with E-state index in [1.807, 2.05) is 54.6 Å². The first-order chi connectivity index (χ1) is 14.3. The molecule has 0 amide bonds. The van der Waals surface area contributed by atoms with Gasteiger partial charge >= 0.3 is 0 Å². The molecule has 1 aliphatic rings. The van der Waals surface area contributed by atoms with Crippen LogP contribution in [0.2, 0.25) is 0 Å². The van der Waals surface area contributed by atoms with E-state index in [1.165, 1.54) is 11.3 Å². The lowest BCUT2D eigenvalue weighted by molar-refractivity contribution is 0.112. The van der Waals surface area contributed by atoms with E-state index in [-0.39, 0.29) is 6.61 Å². The van der Waals surface area contributed by atoms with Gasteiger partial charge in [-0.15, -0.1) is 0 Å². The molecule has 0 fully saturated rings. The first-order valence-corrected chi connectivity index (χ1v) is 10.2. The fraction of sp³-hybridized carbons (Fsp3) is 0.280. The van der Waals surface area contributed by atoms with E-state index < -0.39 is 6.10 Å². The van der Waals surface area contributed by atoms with Crippen molar-refractivity contribution in [1.29, 1.82) is 0 Å². The molecule has 1 atom stereocenters. The molecule has 0 saturated carbocycles. The number of aliphatic hydroxyl groups excluding tert-OH is 1. The number of anilines is 1. The largest absolute Gasteiger partial charge is 0.491 e. The second-order valence-electron chi connectivity index (χ2n) is 7.39. The first-order valence-electron chi connectivity index (χ1n) is 10.2. The van der Waals surface area contributed by atoms with E-state index in [4.69, 9.17) is 9.47 Å². The Morgan fingerprint density at radius 2 is 1.52 bits per heavy atom. The summed E-state index contributed by atoms with van der Waals surface area (Å²) in [6, 6.07) is 26.1. The number of ether oxygens (including phenoxy) is 2. The smallest absolute Gasteiger partial charge is 0.120 e. The Morgan fingerprint density at radius 1 is 0.828 bits per heavy atom. The average Bonchev–Trinajstić information content (AvgIpc) is 2.78. The van der Waals surface area contributed by atoms with Gasteiger partial charge in [0.15, 0.2) is 0 Å². The van der Waals surface area contributed by atoms with E-state index in [0.717, 1.165) is 36.4 Å². The van der Waals surface area contributed by atoms with Crippen LogP contribution >= 0.6 is 0 Å². The standard InChI is InChI=1S/C25H27NO3/c27-22(17-26-16-6-10-21-9-4-5-11-25(21)26)19-29-24-14-12-23(13-15-24)28-18-20-7-2-1-3-8-20/h1-5,7-9,11-15,22,27H,6,10,16-19H2. The number of nitrogens with zero attached hydrogens (tertiary/aromatic N) is 1. The third kappa shape index (κ3) is 5.30. The second kappa shape index (κ2) is 9.48. The molecule has 0 radical (unpaired) electrons. The highest BCUT2D eigenvalue weighted by molar-refractivity contribution is 5.55. The van der Waals surface area contributed by atoms with Gasteiger partial charge in [-0.1, -0.05) is 48.5 Å². The summed E-state index contributed by atoms with van der Waals surface area (Å²) in [4.78, 5) is 2.26. The van der Waals surface area contributed by atoms with Crippen molar-refractivity contribution in [3.05, 3.63) is 90.0 Å². The minimum atomic E-state index is -0.546. The van der Waals surface area contributed by atoms with Gasteiger partial charge in [0.2, 0.25) is 0 Å². The lowest BCUT2D eigenvalue weighted by Gasteiger charge is -2.32. The number of aliphatic hydroxyl groups is 1. The first kappa shape index (κ1) is 19.3. The van der Waals surface area contributed by atoms with Gasteiger partial charge in [-0.05, 0) is 54.3 Å². The summed E-state index contributed by atoms with van der Waals surface area (Å²) in [5.74, 6) is 1.53. The zero-order chi connectivity index (χ0) is 19.9. The molecular weight excluding hydrogens is 362 g/mol. The highest BCUT2D eigenvalue weighted by Gasteiger charge is 2.19. The quantitative estimate of drug-likeness (QED) is 0.618. The van der Waals surface area contributed by atoms with Crippen LogP contribution in [0.15, 0.2) is 78.9 Å². The van der Waals surface area contributed by atoms with Crippen LogP contribution in [0, 0.1) is 0 Å². The number of hydrogen-bond donors (Lipinski definition) is 1. The van der Waals surface area contributed by atoms with Crippen molar-refractivity contribution in [2.24, 2.45) is 0 Å². The maximum Gasteiger partial charge on any atom is 0.120 e. The summed E-state index contributed by atoms with van der Waals surface area (Å²) < 4.78 is 11.6. The van der Waals surface area contributed by atoms with Gasteiger partial charge in [0, 0.05) is 18.8 Å². The van der Waals surface area contributed by atoms with Crippen LogP contribution < -0.4 is 14.4 Å². The van der Waals surface area contributed by atoms with Gasteiger partial charge in [0.1, 0.15) is 30.8 Å². The van der Waals surface area contributed by atoms with Crippen molar-refractivity contribution in [3.63, 3.8) is 0 Å². The number of hydrogen-bond acceptors (Lipinski definition) is 4. The predicted molar refractivity (Wildman–Crippen MR) is 116 cm³/mol. The Morgan fingerprint density at radius 3 is 2.31 bits per heavy atom. The monoisotopic (exact) mass is 389 g/mol. The number of benzene rings is 3. The Hall–Kier alpha value is -2.98. The predicted octanol–water partition coefficient (Wildman–Crippen LogP) is 4.46. The highest BCUT2D eigenvalue weighted by Crippen LogP contribution is 2.26. The number of rotatable bonds is 8. The Labute approximate surface area is 172 Å². The van der Waals surface area contributed by atoms with Gasteiger partial charge in [-0.2, -0.15) is 0 Å². The Balaban J connectivity index is 1.25. The maximum atomic E-state index is 10.5. The van der Waals surface area contributed by atoms with Crippen LogP contribution in [0.4, 0.5) is 5.69 Å². The van der Waals surface area contributed by atoms with Crippen molar-refractivity contribution in [2.45, 2.75) is 25.6 Å². The van der Waals surface area contributed by atoms with Crippen LogP contribution in [-0.2, 0) is 13.0 Å². The molecule has 3 aromatic rings. The summed E-state index contributed by atoms with van der Waals surface area (Å²) in [6.07, 6.45) is 1.68. The van der Waals surface area contributed by atoms with Gasteiger partial charge in [-0.25, -0.2) is 0 Å². The molecule has 29 heavy (non-hydrogen) atoms. The van der Waals surface area contributed by atoms with Crippen LogP contribution in [-0.4, -0.2) is 30.9 Å². The molecule has 3 aromatic carbocycles. The van der Waals surface area contributed by atoms with E-state index in [2.05, 4.69) is 29.2 Å². The third-order valence-electron chi connectivity index (χ3n) is 5.15. The summed E-state index contributed by atoms with van der Waals surface area (Å²) in [5.41, 5.74) is 3.73. The normalized spacial score (nSPS) is 14.2. The molecular formula is C25H27NO3. The molecule has 1 aliphatic heterocycles. The molecule has 0 bridgehead atoms. The third-order valence-corrected chi connectivity index (χ3v) is 5.15. The fourth-order valence-electron chi connectivity index (χ4n) is 3.67. The molecule has 150 valence electrons. The minimum Gasteiger partial charge on any atom is -0.491 e. The summed E-state index contributed by atoms with van der Waals surface area (Å²) in [6.45, 7) is 2.36. The molecule has 4 nitrogen and oxygen atoms in total. The summed E-state index contributed by atoms with van der Waals surface area (Å²) >= 11 is 0. The van der Waals surface area contributed by atoms with Crippen molar-refractivity contribution in [2.75, 3.05) is 24.6 Å². The van der Waals surface area contributed by atoms with E-state index in [1.54, 1.807) is 0 Å². The molecule has 4 heteroatoms. The molecule has 1 heterocycles. The van der Waals surface area contributed by atoms with E-state index in [9.17, 15) is 5.11 Å². The van der Waals surface area contributed by atoms with Gasteiger partial charge in [0.25, 0.3) is 0 Å². The number of para-hydroxylation sites is 1. The molecule has 4 rings (SSSR count). The summed E-state index contributed by atoms with van der Waals surface area (Å²) in [5, 5.41) is 10.5. The molecule has 0 aliphatic carbocycles. The van der Waals surface area contributed by atoms with Crippen LogP contribution in [0.25, 0.3) is 0 Å². The van der Waals surface area contributed by atoms with Gasteiger partial charge in [0.05, 0.1) is 0 Å². The SMILES string of the molecule is OC(COc1ccc(OCc2ccccc2)cc1)CN1CCCc2ccccc21. The molecule has 1 N–H and O–H groups in total. The number of aryl methyl sites for hydroxylation is 1. The second-order valence-corrected chi connectivity index (χ2v) is 7.39. The maximum absolute atomic E-state index is 10.5. The molecule has 0 spiro atoms. The average molecular weight is 389 g/mol. The lowest BCUT2D eigenvalue weighted by Crippen LogP contribution is -2.38. The zero-order valence-corrected chi connectivity index (χ0v) is 16.5. The Bertz CT molecular complexity index is 895. The van der Waals surface area contributed by atoms with Crippen LogP contribution in [0.3, 0.4) is 0 Å². The lowest BCUT2D eigenvalue weighted by atomic mass is 10.0. The van der Waals surface area contributed by atoms with E-state index in [0.29, 0.717) is 13.2 Å². The topological polar surface area (TPSA) is 41.9 Å². The number of β-amino-alcohol motifs (C(OH)–C–C–N with tert-alkyl or cyclic N) is 1. The fourth-order valence-corrected chi connectivity index (χ4v) is 3.67. The minimum absolute atomic E-state index is 0.267. The van der Waals surface area contributed by atoms with Crippen LogP contribution in [0.5, 0.6) is 11.5 Å². The molecule has 0 saturated heterocycles. The van der Waals surface area contributed by atoms with Crippen molar-refractivity contribution in [1.82, 2.24) is 0 Å².